The number of rotatable bonds is 5. The lowest BCUT2D eigenvalue weighted by molar-refractivity contribution is 0.0718. The highest BCUT2D eigenvalue weighted by Gasteiger charge is 2.23. The molecule has 25 heavy (non-hydrogen) atoms. The summed E-state index contributed by atoms with van der Waals surface area (Å²) in [5, 5.41) is 3.39. The number of nitrogens with zero attached hydrogens (tertiary/aromatic N) is 3. The first-order valence-corrected chi connectivity index (χ1v) is 8.64. The van der Waals surface area contributed by atoms with E-state index >= 15 is 0 Å². The number of carbonyl (C=O) groups excluding carboxylic acids is 1. The smallest absolute Gasteiger partial charge is 0.319 e. The molecule has 1 aliphatic heterocycles. The van der Waals surface area contributed by atoms with Gasteiger partial charge in [-0.2, -0.15) is 9.97 Å². The molecule has 1 aromatic carbocycles. The summed E-state index contributed by atoms with van der Waals surface area (Å²) in [6.07, 6.45) is 4.59. The normalized spacial score (nSPS) is 15.2. The number of ether oxygens (including phenoxy) is 1. The fraction of sp³-hybridized carbons (Fsp3) is 0.421. The van der Waals surface area contributed by atoms with Crippen molar-refractivity contribution in [3.05, 3.63) is 48.2 Å². The van der Waals surface area contributed by atoms with Gasteiger partial charge in [0.05, 0.1) is 12.3 Å². The van der Waals surface area contributed by atoms with Gasteiger partial charge >= 0.3 is 6.01 Å². The van der Waals surface area contributed by atoms with E-state index in [0.29, 0.717) is 11.8 Å². The molecule has 0 aliphatic carbocycles. The van der Waals surface area contributed by atoms with Crippen LogP contribution < -0.4 is 10.1 Å². The molecule has 0 atom stereocenters. The fourth-order valence-corrected chi connectivity index (χ4v) is 2.85. The van der Waals surface area contributed by atoms with Crippen molar-refractivity contribution in [3.8, 4) is 6.01 Å². The van der Waals surface area contributed by atoms with E-state index in [1.54, 1.807) is 6.07 Å². The molecule has 1 radical (unpaired) electrons. The minimum atomic E-state index is 0.0240. The van der Waals surface area contributed by atoms with Gasteiger partial charge < -0.3 is 15.0 Å². The van der Waals surface area contributed by atoms with Crippen molar-refractivity contribution in [1.29, 1.82) is 0 Å². The number of hydrogen-bond donors (Lipinski definition) is 1. The maximum Gasteiger partial charge on any atom is 0.319 e. The summed E-state index contributed by atoms with van der Waals surface area (Å²) in [6, 6.07) is 11.7. The van der Waals surface area contributed by atoms with Crippen LogP contribution in [0.1, 0.15) is 37.0 Å². The minimum absolute atomic E-state index is 0.0240. The Morgan fingerprint density at radius 3 is 2.68 bits per heavy atom. The lowest BCUT2D eigenvalue weighted by atomic mass is 10.0. The van der Waals surface area contributed by atoms with Gasteiger partial charge in [-0.15, -0.1) is 0 Å². The predicted octanol–water partition coefficient (Wildman–Crippen LogP) is 2.78. The van der Waals surface area contributed by atoms with Crippen molar-refractivity contribution in [3.63, 3.8) is 0 Å². The quantitative estimate of drug-likeness (QED) is 0.907. The number of piperidine rings is 1. The van der Waals surface area contributed by atoms with Crippen LogP contribution in [-0.2, 0) is 0 Å². The van der Waals surface area contributed by atoms with E-state index in [4.69, 9.17) is 4.74 Å². The van der Waals surface area contributed by atoms with Gasteiger partial charge in [0.1, 0.15) is 5.82 Å². The molecule has 1 saturated heterocycles. The minimum Gasteiger partial charge on any atom is -0.461 e. The molecule has 1 amide bonds. The zero-order valence-electron chi connectivity index (χ0n) is 14.6. The van der Waals surface area contributed by atoms with Crippen LogP contribution in [0, 0.1) is 6.20 Å². The highest BCUT2D eigenvalue weighted by Crippen LogP contribution is 2.18. The summed E-state index contributed by atoms with van der Waals surface area (Å²) in [7, 11) is 0. The number of amides is 1. The fourth-order valence-electron chi connectivity index (χ4n) is 2.85. The molecule has 0 spiro atoms. The number of likely N-dealkylation sites (tertiary alicyclic amines) is 1. The lowest BCUT2D eigenvalue weighted by Crippen LogP contribution is -2.42. The van der Waals surface area contributed by atoms with Crippen molar-refractivity contribution >= 4 is 11.7 Å². The van der Waals surface area contributed by atoms with Gasteiger partial charge in [-0.1, -0.05) is 18.2 Å². The zero-order valence-corrected chi connectivity index (χ0v) is 14.6. The number of hydrogen-bond acceptors (Lipinski definition) is 5. The Labute approximate surface area is 148 Å². The first kappa shape index (κ1) is 17.2. The Hall–Kier alpha value is -2.63. The van der Waals surface area contributed by atoms with Crippen molar-refractivity contribution in [2.24, 2.45) is 0 Å². The molecule has 1 N–H and O–H groups in total. The second kappa shape index (κ2) is 7.96. The van der Waals surface area contributed by atoms with Crippen LogP contribution >= 0.6 is 0 Å². The molecule has 1 aromatic heterocycles. The summed E-state index contributed by atoms with van der Waals surface area (Å²) in [6.45, 7) is 5.33. The molecule has 0 bridgehead atoms. The molecule has 6 nitrogen and oxygen atoms in total. The topological polar surface area (TPSA) is 67.3 Å². The summed E-state index contributed by atoms with van der Waals surface area (Å²) in [4.78, 5) is 22.7. The first-order chi connectivity index (χ1) is 12.1. The van der Waals surface area contributed by atoms with E-state index in [2.05, 4.69) is 21.5 Å². The van der Waals surface area contributed by atoms with Gasteiger partial charge in [-0.25, -0.2) is 0 Å². The van der Waals surface area contributed by atoms with Crippen LogP contribution in [0.4, 0.5) is 5.82 Å². The molecule has 131 valence electrons. The zero-order chi connectivity index (χ0) is 17.6. The van der Waals surface area contributed by atoms with Crippen molar-refractivity contribution in [1.82, 2.24) is 14.9 Å². The summed E-state index contributed by atoms with van der Waals surface area (Å²) < 4.78 is 5.50. The molecule has 1 fully saturated rings. The standard InChI is InChI=1S/C19H23N4O2/c1-14(2)25-19-20-11-8-17(22-19)21-16-9-12-23(13-10-16)18(24)15-6-4-3-5-7-15/h3-8,14,16H,9-10,12-13H2,1-2H3,(H,20,21,22). The summed E-state index contributed by atoms with van der Waals surface area (Å²) in [5.74, 6) is 0.806. The largest absolute Gasteiger partial charge is 0.461 e. The van der Waals surface area contributed by atoms with E-state index in [1.165, 1.54) is 0 Å². The molecule has 2 heterocycles. The van der Waals surface area contributed by atoms with Crippen molar-refractivity contribution in [2.45, 2.75) is 38.8 Å². The van der Waals surface area contributed by atoms with E-state index in [9.17, 15) is 4.79 Å². The van der Waals surface area contributed by atoms with E-state index in [0.717, 1.165) is 31.5 Å². The van der Waals surface area contributed by atoms with Gasteiger partial charge in [-0.3, -0.25) is 4.79 Å². The molecular weight excluding hydrogens is 316 g/mol. The second-order valence-corrected chi connectivity index (χ2v) is 6.41. The summed E-state index contributed by atoms with van der Waals surface area (Å²) >= 11 is 0. The van der Waals surface area contributed by atoms with Crippen LogP contribution in [0.5, 0.6) is 6.01 Å². The molecule has 0 unspecified atom stereocenters. The SMILES string of the molecule is CC(C)Oc1n[c]cc(NC2CCN(C(=O)c3ccccc3)CC2)n1. The number of nitrogens with one attached hydrogen (secondary N) is 1. The highest BCUT2D eigenvalue weighted by molar-refractivity contribution is 5.94. The third-order valence-electron chi connectivity index (χ3n) is 4.07. The molecular formula is C19H23N4O2. The van der Waals surface area contributed by atoms with E-state index in [1.807, 2.05) is 49.1 Å². The third kappa shape index (κ3) is 4.68. The average molecular weight is 339 g/mol. The first-order valence-electron chi connectivity index (χ1n) is 8.64. The Balaban J connectivity index is 1.53. The Morgan fingerprint density at radius 2 is 2.00 bits per heavy atom. The van der Waals surface area contributed by atoms with Crippen LogP contribution in [0.2, 0.25) is 0 Å². The lowest BCUT2D eigenvalue weighted by Gasteiger charge is -2.32. The van der Waals surface area contributed by atoms with Crippen molar-refractivity contribution in [2.75, 3.05) is 18.4 Å². The Kier molecular flexibility index (Phi) is 5.48. The van der Waals surface area contributed by atoms with Crippen LogP contribution in [0.15, 0.2) is 36.4 Å². The van der Waals surface area contributed by atoms with Crippen LogP contribution in [0.25, 0.3) is 0 Å². The monoisotopic (exact) mass is 339 g/mol. The molecule has 0 saturated carbocycles. The number of anilines is 1. The van der Waals surface area contributed by atoms with Gasteiger partial charge in [0.25, 0.3) is 5.91 Å². The maximum atomic E-state index is 12.5. The molecule has 1 aliphatic rings. The van der Waals surface area contributed by atoms with Gasteiger partial charge in [0, 0.05) is 30.8 Å². The number of carbonyl (C=O) groups is 1. The number of benzene rings is 1. The maximum absolute atomic E-state index is 12.5. The Bertz CT molecular complexity index is 698. The third-order valence-corrected chi connectivity index (χ3v) is 4.07. The van der Waals surface area contributed by atoms with E-state index in [-0.39, 0.29) is 18.1 Å². The van der Waals surface area contributed by atoms with Gasteiger partial charge in [0.15, 0.2) is 0 Å². The molecule has 2 aromatic rings. The summed E-state index contributed by atoms with van der Waals surface area (Å²) in [5.41, 5.74) is 0.745. The Morgan fingerprint density at radius 1 is 1.28 bits per heavy atom. The molecule has 6 heteroatoms. The number of aromatic nitrogens is 2. The van der Waals surface area contributed by atoms with Crippen LogP contribution in [0.3, 0.4) is 0 Å². The molecule has 3 rings (SSSR count). The van der Waals surface area contributed by atoms with Crippen LogP contribution in [-0.4, -0.2) is 46.0 Å². The highest BCUT2D eigenvalue weighted by atomic mass is 16.5. The van der Waals surface area contributed by atoms with E-state index < -0.39 is 0 Å². The van der Waals surface area contributed by atoms with Gasteiger partial charge in [0.2, 0.25) is 0 Å². The predicted molar refractivity (Wildman–Crippen MR) is 95.6 cm³/mol. The van der Waals surface area contributed by atoms with Gasteiger partial charge in [-0.05, 0) is 38.8 Å². The van der Waals surface area contributed by atoms with Crippen molar-refractivity contribution < 1.29 is 9.53 Å². The second-order valence-electron chi connectivity index (χ2n) is 6.41. The average Bonchev–Trinajstić information content (AvgIpc) is 2.62.